The monoisotopic (exact) mass is 391 g/mol. The third-order valence-corrected chi connectivity index (χ3v) is 4.83. The van der Waals surface area contributed by atoms with Gasteiger partial charge in [0, 0.05) is 5.56 Å². The highest BCUT2D eigenvalue weighted by molar-refractivity contribution is 5.96. The molecule has 2 unspecified atom stereocenters. The molecule has 2 atom stereocenters. The fourth-order valence-corrected chi connectivity index (χ4v) is 3.47. The van der Waals surface area contributed by atoms with Crippen molar-refractivity contribution in [2.24, 2.45) is 0 Å². The van der Waals surface area contributed by atoms with Gasteiger partial charge in [-0.15, -0.1) is 0 Å². The molecule has 0 fully saturated rings. The molecule has 0 saturated carbocycles. The summed E-state index contributed by atoms with van der Waals surface area (Å²) in [5, 5.41) is 12.8. The van der Waals surface area contributed by atoms with Crippen molar-refractivity contribution in [3.05, 3.63) is 64.2 Å². The van der Waals surface area contributed by atoms with Gasteiger partial charge < -0.3 is 27.6 Å². The highest BCUT2D eigenvalue weighted by Gasteiger charge is 2.23. The zero-order valence-electron chi connectivity index (χ0n) is 16.8. The Labute approximate surface area is 168 Å². The van der Waals surface area contributed by atoms with Crippen molar-refractivity contribution in [2.45, 2.75) is 46.3 Å². The minimum atomic E-state index is -0.553. The van der Waals surface area contributed by atoms with E-state index in [1.165, 1.54) is 5.56 Å². The van der Waals surface area contributed by atoms with Gasteiger partial charge in [-0.1, -0.05) is 29.8 Å². The molecule has 27 heavy (non-hydrogen) atoms. The molecule has 4 nitrogen and oxygen atoms in total. The van der Waals surface area contributed by atoms with E-state index < -0.39 is 6.10 Å². The molecule has 148 valence electrons. The summed E-state index contributed by atoms with van der Waals surface area (Å²) < 4.78 is 5.17. The second-order valence-corrected chi connectivity index (χ2v) is 7.05. The summed E-state index contributed by atoms with van der Waals surface area (Å²) in [5.74, 6) is 0.776. The van der Waals surface area contributed by atoms with E-state index in [0.717, 1.165) is 16.7 Å². The number of halogens is 1. The lowest BCUT2D eigenvalue weighted by Gasteiger charge is -2.22. The Morgan fingerprint density at radius 2 is 1.78 bits per heavy atom. The number of aryl methyl sites for hydroxylation is 3. The summed E-state index contributed by atoms with van der Waals surface area (Å²) in [5.41, 5.74) is 5.09. The molecule has 5 heteroatoms. The van der Waals surface area contributed by atoms with Gasteiger partial charge in [0.05, 0.1) is 20.1 Å². The predicted molar refractivity (Wildman–Crippen MR) is 104 cm³/mol. The van der Waals surface area contributed by atoms with Gasteiger partial charge in [-0.2, -0.15) is 0 Å². The summed E-state index contributed by atoms with van der Waals surface area (Å²) in [6.45, 7) is 8.78. The number of carbonyl (C=O) groups is 1. The zero-order chi connectivity index (χ0) is 19.3. The third-order valence-electron chi connectivity index (χ3n) is 4.83. The summed E-state index contributed by atoms with van der Waals surface area (Å²) in [7, 11) is 1.59. The maximum atomic E-state index is 12.3. The Balaban J connectivity index is 0.00000364. The van der Waals surface area contributed by atoms with Crippen LogP contribution in [0.2, 0.25) is 0 Å². The summed E-state index contributed by atoms with van der Waals surface area (Å²) in [6.07, 6.45) is -0.127. The maximum Gasteiger partial charge on any atom is 0.168 e. The molecule has 2 aromatic carbocycles. The van der Waals surface area contributed by atoms with Gasteiger partial charge in [-0.05, 0) is 56.5 Å². The molecule has 0 spiro atoms. The number of ketones is 1. The molecule has 0 amide bonds. The Bertz CT molecular complexity index is 753. The number of quaternary nitrogens is 1. The topological polar surface area (TPSA) is 63.1 Å². The molecule has 0 aliphatic rings. The first-order valence-corrected chi connectivity index (χ1v) is 9.10. The van der Waals surface area contributed by atoms with Crippen molar-refractivity contribution in [3.63, 3.8) is 0 Å². The number of Topliss-reactive ketones (excluding diaryl/α,β-unsaturated/α-hetero) is 1. The normalized spacial score (nSPS) is 12.8. The van der Waals surface area contributed by atoms with Crippen LogP contribution in [-0.2, 0) is 0 Å². The number of hydrogen-bond donors (Lipinski definition) is 2. The average Bonchev–Trinajstić information content (AvgIpc) is 2.60. The van der Waals surface area contributed by atoms with E-state index in [0.29, 0.717) is 24.3 Å². The lowest BCUT2D eigenvalue weighted by Crippen LogP contribution is -3.00. The molecule has 0 aliphatic heterocycles. The zero-order valence-corrected chi connectivity index (χ0v) is 17.5. The van der Waals surface area contributed by atoms with Crippen LogP contribution in [-0.4, -0.2) is 30.6 Å². The van der Waals surface area contributed by atoms with Crippen LogP contribution < -0.4 is 22.5 Å². The number of nitrogens with two attached hydrogens (primary N) is 1. The van der Waals surface area contributed by atoms with E-state index in [1.807, 2.05) is 44.3 Å². The van der Waals surface area contributed by atoms with E-state index >= 15 is 0 Å². The Hall–Kier alpha value is -1.88. The number of rotatable bonds is 8. The quantitative estimate of drug-likeness (QED) is 0.617. The fourth-order valence-electron chi connectivity index (χ4n) is 3.47. The van der Waals surface area contributed by atoms with Crippen LogP contribution in [0.15, 0.2) is 36.4 Å². The lowest BCUT2D eigenvalue weighted by molar-refractivity contribution is -0.693. The molecular weight excluding hydrogens is 362 g/mol. The number of hydrogen-bond acceptors (Lipinski definition) is 3. The molecule has 0 radical (unpaired) electrons. The van der Waals surface area contributed by atoms with E-state index in [2.05, 4.69) is 19.1 Å². The third kappa shape index (κ3) is 6.06. The molecule has 0 aliphatic carbocycles. The van der Waals surface area contributed by atoms with Gasteiger partial charge in [-0.3, -0.25) is 4.79 Å². The number of benzene rings is 2. The summed E-state index contributed by atoms with van der Waals surface area (Å²) >= 11 is 0. The van der Waals surface area contributed by atoms with Gasteiger partial charge in [0.25, 0.3) is 0 Å². The van der Waals surface area contributed by atoms with E-state index in [4.69, 9.17) is 4.74 Å². The largest absolute Gasteiger partial charge is 1.00 e. The Morgan fingerprint density at radius 1 is 1.15 bits per heavy atom. The van der Waals surface area contributed by atoms with Gasteiger partial charge >= 0.3 is 0 Å². The molecule has 3 N–H and O–H groups in total. The molecule has 2 rings (SSSR count). The SMILES string of the molecule is COc1cccc(C(=O)CC[NH2+]C(C)C(O)c2c(C)cc(C)cc2C)c1.[Cl-]. The van der Waals surface area contributed by atoms with E-state index in [9.17, 15) is 9.90 Å². The lowest BCUT2D eigenvalue weighted by atomic mass is 9.92. The maximum absolute atomic E-state index is 12.3. The Morgan fingerprint density at radius 3 is 2.37 bits per heavy atom. The summed E-state index contributed by atoms with van der Waals surface area (Å²) in [4.78, 5) is 12.3. The van der Waals surface area contributed by atoms with Crippen LogP contribution in [0.4, 0.5) is 0 Å². The van der Waals surface area contributed by atoms with Crippen molar-refractivity contribution in [3.8, 4) is 5.75 Å². The first-order valence-electron chi connectivity index (χ1n) is 9.10. The van der Waals surface area contributed by atoms with Crippen molar-refractivity contribution in [1.29, 1.82) is 0 Å². The van der Waals surface area contributed by atoms with Gasteiger partial charge in [0.2, 0.25) is 0 Å². The molecule has 0 aromatic heterocycles. The fraction of sp³-hybridized carbons (Fsp3) is 0.409. The highest BCUT2D eigenvalue weighted by atomic mass is 35.5. The van der Waals surface area contributed by atoms with Crippen LogP contribution in [0.1, 0.15) is 52.1 Å². The van der Waals surface area contributed by atoms with Crippen molar-refractivity contribution >= 4 is 5.78 Å². The van der Waals surface area contributed by atoms with E-state index in [1.54, 1.807) is 13.2 Å². The number of aliphatic hydroxyl groups excluding tert-OH is 1. The standard InChI is InChI=1S/C22H29NO3.ClH/c1-14-11-15(2)21(16(3)12-14)22(25)17(4)23-10-9-20(24)18-7-6-8-19(13-18)26-5;/h6-8,11-13,17,22-23,25H,9-10H2,1-5H3;1H. The van der Waals surface area contributed by atoms with Crippen LogP contribution in [0.25, 0.3) is 0 Å². The van der Waals surface area contributed by atoms with E-state index in [-0.39, 0.29) is 24.2 Å². The Kier molecular flexibility index (Phi) is 8.97. The highest BCUT2D eigenvalue weighted by Crippen LogP contribution is 2.24. The molecule has 2 aromatic rings. The molecule has 0 bridgehead atoms. The van der Waals surface area contributed by atoms with Crippen molar-refractivity contribution < 1.29 is 32.4 Å². The second kappa shape index (κ2) is 10.5. The number of carbonyl (C=O) groups excluding carboxylic acids is 1. The first-order chi connectivity index (χ1) is 12.3. The number of ether oxygens (including phenoxy) is 1. The van der Waals surface area contributed by atoms with Gasteiger partial charge in [0.15, 0.2) is 5.78 Å². The first kappa shape index (κ1) is 23.2. The van der Waals surface area contributed by atoms with Crippen molar-refractivity contribution in [2.75, 3.05) is 13.7 Å². The predicted octanol–water partition coefficient (Wildman–Crippen LogP) is -0.117. The van der Waals surface area contributed by atoms with Crippen LogP contribution >= 0.6 is 0 Å². The second-order valence-electron chi connectivity index (χ2n) is 7.05. The van der Waals surface area contributed by atoms with Crippen LogP contribution in [0.3, 0.4) is 0 Å². The molecule has 0 heterocycles. The number of methoxy groups -OCH3 is 1. The average molecular weight is 392 g/mol. The summed E-state index contributed by atoms with van der Waals surface area (Å²) in [6, 6.07) is 11.4. The minimum Gasteiger partial charge on any atom is -1.00 e. The molecule has 0 saturated heterocycles. The number of aliphatic hydroxyl groups is 1. The van der Waals surface area contributed by atoms with Crippen molar-refractivity contribution in [1.82, 2.24) is 0 Å². The van der Waals surface area contributed by atoms with Crippen LogP contribution in [0, 0.1) is 20.8 Å². The minimum absolute atomic E-state index is 0. The van der Waals surface area contributed by atoms with Gasteiger partial charge in [0.1, 0.15) is 17.9 Å². The molecular formula is C22H30ClNO3. The van der Waals surface area contributed by atoms with Gasteiger partial charge in [-0.25, -0.2) is 0 Å². The van der Waals surface area contributed by atoms with Crippen LogP contribution in [0.5, 0.6) is 5.75 Å². The smallest absolute Gasteiger partial charge is 0.168 e.